The first-order valence-corrected chi connectivity index (χ1v) is 9.97. The molecule has 0 bridgehead atoms. The summed E-state index contributed by atoms with van der Waals surface area (Å²) in [5, 5.41) is 5.09. The highest BCUT2D eigenvalue weighted by atomic mass is 35.5. The van der Waals surface area contributed by atoms with Crippen LogP contribution in [0, 0.1) is 0 Å². The second-order valence-electron chi connectivity index (χ2n) is 6.36. The summed E-state index contributed by atoms with van der Waals surface area (Å²) < 4.78 is 7.40. The molecule has 4 rings (SSSR count). The molecule has 2 aromatic heterocycles. The summed E-state index contributed by atoms with van der Waals surface area (Å²) in [6.07, 6.45) is 3.10. The molecule has 0 aliphatic heterocycles. The molecule has 5 nitrogen and oxygen atoms in total. The number of anilines is 1. The first-order chi connectivity index (χ1) is 13.8. The highest BCUT2D eigenvalue weighted by Gasteiger charge is 2.13. The fourth-order valence-electron chi connectivity index (χ4n) is 3.00. The zero-order valence-corrected chi connectivity index (χ0v) is 18.0. The quantitative estimate of drug-likeness (QED) is 0.375. The Balaban J connectivity index is 1.62. The predicted octanol–water partition coefficient (Wildman–Crippen LogP) is 6.42. The van der Waals surface area contributed by atoms with Gasteiger partial charge < -0.3 is 14.3 Å². The third kappa shape index (κ3) is 3.83. The van der Waals surface area contributed by atoms with Crippen molar-refractivity contribution in [2.24, 2.45) is 7.05 Å². The number of nitrogens with one attached hydrogen (secondary N) is 1. The molecule has 2 heterocycles. The van der Waals surface area contributed by atoms with E-state index in [9.17, 15) is 4.79 Å². The molecule has 0 amide bonds. The van der Waals surface area contributed by atoms with Crippen LogP contribution >= 0.6 is 46.4 Å². The number of benzene rings is 2. The van der Waals surface area contributed by atoms with Gasteiger partial charge in [0, 0.05) is 24.2 Å². The lowest BCUT2D eigenvalue weighted by Gasteiger charge is -2.09. The first kappa shape index (κ1) is 20.1. The Morgan fingerprint density at radius 2 is 1.86 bits per heavy atom. The van der Waals surface area contributed by atoms with Crippen LogP contribution in [0.4, 0.5) is 5.95 Å². The molecule has 0 unspecified atom stereocenters. The van der Waals surface area contributed by atoms with Crippen molar-refractivity contribution >= 4 is 63.3 Å². The van der Waals surface area contributed by atoms with Gasteiger partial charge in [-0.2, -0.15) is 0 Å². The Labute approximate surface area is 185 Å². The minimum absolute atomic E-state index is 0.206. The first-order valence-electron chi connectivity index (χ1n) is 8.45. The van der Waals surface area contributed by atoms with Crippen molar-refractivity contribution in [1.82, 2.24) is 9.55 Å². The molecule has 0 spiro atoms. The SMILES string of the molecule is Cn1c(-c2ccc(Cl)c(Cl)c2)cnc1NCc1coc2c(Cl)cc(Cl)cc2c1=O. The van der Waals surface area contributed by atoms with Crippen molar-refractivity contribution < 1.29 is 4.42 Å². The third-order valence-electron chi connectivity index (χ3n) is 4.50. The maximum absolute atomic E-state index is 12.8. The molecule has 0 aliphatic carbocycles. The Morgan fingerprint density at radius 3 is 2.62 bits per heavy atom. The maximum atomic E-state index is 12.8. The Hall–Kier alpha value is -2.18. The summed E-state index contributed by atoms with van der Waals surface area (Å²) >= 11 is 24.2. The van der Waals surface area contributed by atoms with E-state index < -0.39 is 0 Å². The minimum Gasteiger partial charge on any atom is -0.462 e. The Bertz CT molecular complexity index is 1300. The van der Waals surface area contributed by atoms with Crippen LogP contribution in [0.3, 0.4) is 0 Å². The molecular weight excluding hydrogens is 456 g/mol. The topological polar surface area (TPSA) is 60.1 Å². The average Bonchev–Trinajstić information content (AvgIpc) is 3.04. The minimum atomic E-state index is -0.206. The van der Waals surface area contributed by atoms with E-state index in [1.54, 1.807) is 24.4 Å². The number of nitrogens with zero attached hydrogens (tertiary/aromatic N) is 2. The summed E-state index contributed by atoms with van der Waals surface area (Å²) in [6.45, 7) is 0.216. The summed E-state index contributed by atoms with van der Waals surface area (Å²) in [6, 6.07) is 8.44. The van der Waals surface area contributed by atoms with Gasteiger partial charge in [-0.3, -0.25) is 4.79 Å². The molecule has 0 fully saturated rings. The number of fused-ring (bicyclic) bond motifs is 1. The number of hydrogen-bond acceptors (Lipinski definition) is 4. The van der Waals surface area contributed by atoms with E-state index in [2.05, 4.69) is 10.3 Å². The largest absolute Gasteiger partial charge is 0.462 e. The molecule has 0 saturated heterocycles. The van der Waals surface area contributed by atoms with Crippen LogP contribution in [0.15, 0.2) is 52.0 Å². The highest BCUT2D eigenvalue weighted by Crippen LogP contribution is 2.30. The van der Waals surface area contributed by atoms with Crippen LogP contribution in [0.25, 0.3) is 22.2 Å². The van der Waals surface area contributed by atoms with Gasteiger partial charge in [-0.25, -0.2) is 4.98 Å². The number of hydrogen-bond donors (Lipinski definition) is 1. The van der Waals surface area contributed by atoms with Gasteiger partial charge in [-0.1, -0.05) is 52.5 Å². The van der Waals surface area contributed by atoms with Crippen LogP contribution in [0.2, 0.25) is 20.1 Å². The zero-order chi connectivity index (χ0) is 20.7. The van der Waals surface area contributed by atoms with E-state index in [0.717, 1.165) is 11.3 Å². The molecule has 0 aliphatic rings. The second-order valence-corrected chi connectivity index (χ2v) is 8.02. The fraction of sp³-hybridized carbons (Fsp3) is 0.100. The summed E-state index contributed by atoms with van der Waals surface area (Å²) in [7, 11) is 1.86. The van der Waals surface area contributed by atoms with Gasteiger partial charge in [0.05, 0.1) is 37.9 Å². The van der Waals surface area contributed by atoms with E-state index >= 15 is 0 Å². The van der Waals surface area contributed by atoms with Crippen molar-refractivity contribution in [2.45, 2.75) is 6.54 Å². The molecule has 0 radical (unpaired) electrons. The molecular formula is C20H13Cl4N3O2. The van der Waals surface area contributed by atoms with Crippen molar-refractivity contribution in [3.8, 4) is 11.3 Å². The van der Waals surface area contributed by atoms with Gasteiger partial charge in [0.1, 0.15) is 6.26 Å². The predicted molar refractivity (Wildman–Crippen MR) is 118 cm³/mol. The van der Waals surface area contributed by atoms with Crippen LogP contribution in [0.1, 0.15) is 5.56 Å². The zero-order valence-electron chi connectivity index (χ0n) is 15.0. The van der Waals surface area contributed by atoms with Gasteiger partial charge in [-0.05, 0) is 24.3 Å². The van der Waals surface area contributed by atoms with Gasteiger partial charge in [0.25, 0.3) is 0 Å². The third-order valence-corrected chi connectivity index (χ3v) is 5.74. The lowest BCUT2D eigenvalue weighted by atomic mass is 10.1. The van der Waals surface area contributed by atoms with Gasteiger partial charge in [-0.15, -0.1) is 0 Å². The lowest BCUT2D eigenvalue weighted by Crippen LogP contribution is -2.14. The number of halogens is 4. The Morgan fingerprint density at radius 1 is 1.07 bits per heavy atom. The lowest BCUT2D eigenvalue weighted by molar-refractivity contribution is 0.594. The van der Waals surface area contributed by atoms with Crippen molar-refractivity contribution in [3.05, 3.63) is 78.7 Å². The molecule has 148 valence electrons. The molecule has 0 atom stereocenters. The van der Waals surface area contributed by atoms with Crippen LogP contribution in [-0.4, -0.2) is 9.55 Å². The molecule has 9 heteroatoms. The monoisotopic (exact) mass is 467 g/mol. The molecule has 4 aromatic rings. The number of aromatic nitrogens is 2. The van der Waals surface area contributed by atoms with E-state index in [1.807, 2.05) is 17.7 Å². The van der Waals surface area contributed by atoms with Crippen LogP contribution in [0.5, 0.6) is 0 Å². The number of imidazole rings is 1. The molecule has 29 heavy (non-hydrogen) atoms. The molecule has 1 N–H and O–H groups in total. The van der Waals surface area contributed by atoms with Crippen LogP contribution in [-0.2, 0) is 13.6 Å². The normalized spacial score (nSPS) is 11.2. The average molecular weight is 469 g/mol. The molecule has 0 saturated carbocycles. The van der Waals surface area contributed by atoms with Gasteiger partial charge >= 0.3 is 0 Å². The van der Waals surface area contributed by atoms with E-state index in [-0.39, 0.29) is 12.0 Å². The van der Waals surface area contributed by atoms with Crippen molar-refractivity contribution in [2.75, 3.05) is 5.32 Å². The Kier molecular flexibility index (Phi) is 5.49. The summed E-state index contributed by atoms with van der Waals surface area (Å²) in [5.74, 6) is 0.578. The fourth-order valence-corrected chi connectivity index (χ4v) is 3.84. The van der Waals surface area contributed by atoms with Gasteiger partial charge in [0.15, 0.2) is 11.0 Å². The second kappa shape index (κ2) is 7.92. The van der Waals surface area contributed by atoms with E-state index in [1.165, 1.54) is 12.3 Å². The van der Waals surface area contributed by atoms with E-state index in [4.69, 9.17) is 50.8 Å². The van der Waals surface area contributed by atoms with Crippen molar-refractivity contribution in [1.29, 1.82) is 0 Å². The highest BCUT2D eigenvalue weighted by molar-refractivity contribution is 6.42. The summed E-state index contributed by atoms with van der Waals surface area (Å²) in [4.78, 5) is 17.1. The van der Waals surface area contributed by atoms with Crippen molar-refractivity contribution in [3.63, 3.8) is 0 Å². The number of rotatable bonds is 4. The van der Waals surface area contributed by atoms with Crippen LogP contribution < -0.4 is 10.7 Å². The summed E-state index contributed by atoms with van der Waals surface area (Å²) in [5.41, 5.74) is 2.24. The molecule has 2 aromatic carbocycles. The standard InChI is InChI=1S/C20H13Cl4N3O2/c1-27-17(10-2-3-14(22)15(23)4-10)8-26-20(27)25-7-11-9-29-19-13(18(11)28)5-12(21)6-16(19)24/h2-6,8-9H,7H2,1H3,(H,25,26). The van der Waals surface area contributed by atoms with Gasteiger partial charge in [0.2, 0.25) is 5.95 Å². The maximum Gasteiger partial charge on any atom is 0.203 e. The van der Waals surface area contributed by atoms with E-state index in [0.29, 0.717) is 42.6 Å². The smallest absolute Gasteiger partial charge is 0.203 e.